The minimum absolute atomic E-state index is 0.0606. The average molecular weight is 384 g/mol. The molecule has 28 heavy (non-hydrogen) atoms. The molecule has 1 aliphatic heterocycles. The summed E-state index contributed by atoms with van der Waals surface area (Å²) in [6.45, 7) is 4.65. The van der Waals surface area contributed by atoms with Crippen molar-refractivity contribution in [1.29, 1.82) is 0 Å². The molecule has 0 radical (unpaired) electrons. The molecular weight excluding hydrogens is 355 g/mol. The molecule has 0 bridgehead atoms. The molecular formula is C22H29FN4O. The van der Waals surface area contributed by atoms with E-state index < -0.39 is 0 Å². The van der Waals surface area contributed by atoms with E-state index >= 15 is 0 Å². The Hall–Kier alpha value is -2.21. The molecule has 0 unspecified atom stereocenters. The van der Waals surface area contributed by atoms with Gasteiger partial charge in [0, 0.05) is 32.4 Å². The predicted octanol–water partition coefficient (Wildman–Crippen LogP) is 3.74. The van der Waals surface area contributed by atoms with Crippen LogP contribution in [0.5, 0.6) is 0 Å². The van der Waals surface area contributed by atoms with Crippen LogP contribution in [-0.2, 0) is 0 Å². The average Bonchev–Trinajstić information content (AvgIpc) is 3.09. The molecule has 2 aromatic rings. The molecule has 1 aromatic heterocycles. The molecule has 1 saturated carbocycles. The zero-order valence-corrected chi connectivity index (χ0v) is 16.4. The van der Waals surface area contributed by atoms with Crippen molar-refractivity contribution in [2.75, 3.05) is 32.7 Å². The van der Waals surface area contributed by atoms with E-state index in [1.165, 1.54) is 49.4 Å². The Morgan fingerprint density at radius 2 is 1.82 bits per heavy atom. The maximum atomic E-state index is 14.0. The van der Waals surface area contributed by atoms with Crippen LogP contribution < -0.4 is 0 Å². The van der Waals surface area contributed by atoms with E-state index in [1.54, 1.807) is 30.5 Å². The van der Waals surface area contributed by atoms with Gasteiger partial charge in [0.25, 0.3) is 5.91 Å². The number of aromatic nitrogens is 2. The Kier molecular flexibility index (Phi) is 6.05. The van der Waals surface area contributed by atoms with Crippen molar-refractivity contribution in [3.63, 3.8) is 0 Å². The van der Waals surface area contributed by atoms with Gasteiger partial charge in [0.1, 0.15) is 11.5 Å². The van der Waals surface area contributed by atoms with Gasteiger partial charge in [0.2, 0.25) is 0 Å². The fourth-order valence-electron chi connectivity index (χ4n) is 4.46. The van der Waals surface area contributed by atoms with Crippen molar-refractivity contribution < 1.29 is 9.18 Å². The molecule has 4 rings (SSSR count). The van der Waals surface area contributed by atoms with E-state index in [9.17, 15) is 9.18 Å². The molecule has 5 nitrogen and oxygen atoms in total. The third-order valence-electron chi connectivity index (χ3n) is 6.02. The lowest BCUT2D eigenvalue weighted by molar-refractivity contribution is 0.0753. The highest BCUT2D eigenvalue weighted by atomic mass is 19.1. The molecule has 2 aliphatic rings. The molecule has 0 atom stereocenters. The van der Waals surface area contributed by atoms with E-state index in [0.29, 0.717) is 11.4 Å². The molecule has 1 saturated heterocycles. The summed E-state index contributed by atoms with van der Waals surface area (Å²) in [5.74, 6) is 0.416. The van der Waals surface area contributed by atoms with Gasteiger partial charge < -0.3 is 9.80 Å². The van der Waals surface area contributed by atoms with Gasteiger partial charge in [-0.05, 0) is 49.9 Å². The first-order valence-corrected chi connectivity index (χ1v) is 10.5. The zero-order valence-electron chi connectivity index (χ0n) is 16.4. The number of rotatable bonds is 4. The topological polar surface area (TPSA) is 41.4 Å². The third-order valence-corrected chi connectivity index (χ3v) is 6.02. The third kappa shape index (κ3) is 4.43. The van der Waals surface area contributed by atoms with Gasteiger partial charge in [0.15, 0.2) is 5.69 Å². The summed E-state index contributed by atoms with van der Waals surface area (Å²) in [6, 6.07) is 8.14. The first-order valence-electron chi connectivity index (χ1n) is 10.5. The van der Waals surface area contributed by atoms with Crippen molar-refractivity contribution in [1.82, 2.24) is 19.6 Å². The summed E-state index contributed by atoms with van der Waals surface area (Å²) < 4.78 is 15.4. The van der Waals surface area contributed by atoms with Gasteiger partial charge in [-0.25, -0.2) is 9.07 Å². The first-order chi connectivity index (χ1) is 13.7. The SMILES string of the molecule is O=C(c1ccn(-c2ccccc2F)n1)N1CCCN(CC2CCCCC2)CC1. The Balaban J connectivity index is 1.37. The van der Waals surface area contributed by atoms with Crippen LogP contribution in [0.4, 0.5) is 4.39 Å². The lowest BCUT2D eigenvalue weighted by Gasteiger charge is -2.28. The van der Waals surface area contributed by atoms with Crippen LogP contribution in [0.2, 0.25) is 0 Å². The molecule has 2 heterocycles. The Morgan fingerprint density at radius 1 is 1.00 bits per heavy atom. The molecule has 6 heteroatoms. The van der Waals surface area contributed by atoms with E-state index in [0.717, 1.165) is 38.5 Å². The number of benzene rings is 1. The lowest BCUT2D eigenvalue weighted by atomic mass is 9.89. The molecule has 150 valence electrons. The highest BCUT2D eigenvalue weighted by Gasteiger charge is 2.24. The molecule has 1 amide bonds. The number of amides is 1. The highest BCUT2D eigenvalue weighted by molar-refractivity contribution is 5.92. The van der Waals surface area contributed by atoms with Gasteiger partial charge in [-0.1, -0.05) is 31.4 Å². The summed E-state index contributed by atoms with van der Waals surface area (Å²) in [6.07, 6.45) is 9.48. The highest BCUT2D eigenvalue weighted by Crippen LogP contribution is 2.25. The van der Waals surface area contributed by atoms with Crippen LogP contribution in [0, 0.1) is 11.7 Å². The van der Waals surface area contributed by atoms with Crippen LogP contribution in [0.25, 0.3) is 5.69 Å². The summed E-state index contributed by atoms with van der Waals surface area (Å²) in [5.41, 5.74) is 0.736. The van der Waals surface area contributed by atoms with Crippen molar-refractivity contribution >= 4 is 5.91 Å². The van der Waals surface area contributed by atoms with Gasteiger partial charge in [-0.2, -0.15) is 5.10 Å². The quantitative estimate of drug-likeness (QED) is 0.806. The van der Waals surface area contributed by atoms with Crippen molar-refractivity contribution in [3.8, 4) is 5.69 Å². The van der Waals surface area contributed by atoms with Crippen LogP contribution in [0.1, 0.15) is 49.0 Å². The first kappa shape index (κ1) is 19.1. The standard InChI is InChI=1S/C22H29FN4O/c23-19-9-4-5-10-21(19)27-14-11-20(24-27)22(28)26-13-6-12-25(15-16-26)17-18-7-2-1-3-8-18/h4-5,9-11,14,18H,1-3,6-8,12-13,15-17H2. The Morgan fingerprint density at radius 3 is 2.64 bits per heavy atom. The largest absolute Gasteiger partial charge is 0.336 e. The van der Waals surface area contributed by atoms with Crippen LogP contribution in [0.3, 0.4) is 0 Å². The lowest BCUT2D eigenvalue weighted by Crippen LogP contribution is -2.37. The maximum absolute atomic E-state index is 14.0. The fourth-order valence-corrected chi connectivity index (χ4v) is 4.46. The minimum atomic E-state index is -0.349. The number of nitrogens with zero attached hydrogens (tertiary/aromatic N) is 4. The van der Waals surface area contributed by atoms with Crippen LogP contribution in [-0.4, -0.2) is 58.2 Å². The second kappa shape index (κ2) is 8.86. The molecule has 2 fully saturated rings. The molecule has 1 aliphatic carbocycles. The van der Waals surface area contributed by atoms with Crippen molar-refractivity contribution in [3.05, 3.63) is 48.0 Å². The Bertz CT molecular complexity index is 799. The van der Waals surface area contributed by atoms with Crippen molar-refractivity contribution in [2.45, 2.75) is 38.5 Å². The summed E-state index contributed by atoms with van der Waals surface area (Å²) in [5, 5.41) is 4.33. The summed E-state index contributed by atoms with van der Waals surface area (Å²) in [4.78, 5) is 17.3. The predicted molar refractivity (Wildman–Crippen MR) is 107 cm³/mol. The van der Waals surface area contributed by atoms with Gasteiger partial charge in [0.05, 0.1) is 0 Å². The van der Waals surface area contributed by atoms with Crippen molar-refractivity contribution in [2.24, 2.45) is 5.92 Å². The fraction of sp³-hybridized carbons (Fsp3) is 0.545. The number of hydrogen-bond acceptors (Lipinski definition) is 3. The van der Waals surface area contributed by atoms with E-state index in [4.69, 9.17) is 0 Å². The van der Waals surface area contributed by atoms with Gasteiger partial charge in [-0.3, -0.25) is 4.79 Å². The second-order valence-electron chi connectivity index (χ2n) is 8.05. The van der Waals surface area contributed by atoms with E-state index in [2.05, 4.69) is 10.00 Å². The van der Waals surface area contributed by atoms with Crippen LogP contribution >= 0.6 is 0 Å². The van der Waals surface area contributed by atoms with Crippen LogP contribution in [0.15, 0.2) is 36.5 Å². The number of carbonyl (C=O) groups excluding carboxylic acids is 1. The molecule has 1 aromatic carbocycles. The molecule has 0 spiro atoms. The van der Waals surface area contributed by atoms with E-state index in [-0.39, 0.29) is 11.7 Å². The summed E-state index contributed by atoms with van der Waals surface area (Å²) >= 11 is 0. The normalized spacial score (nSPS) is 19.5. The maximum Gasteiger partial charge on any atom is 0.274 e. The number of halogens is 1. The van der Waals surface area contributed by atoms with Gasteiger partial charge >= 0.3 is 0 Å². The smallest absolute Gasteiger partial charge is 0.274 e. The number of carbonyl (C=O) groups is 1. The molecule has 0 N–H and O–H groups in total. The Labute approximate surface area is 166 Å². The van der Waals surface area contributed by atoms with E-state index in [1.807, 2.05) is 4.90 Å². The number of para-hydroxylation sites is 1. The minimum Gasteiger partial charge on any atom is -0.336 e. The monoisotopic (exact) mass is 384 g/mol. The number of hydrogen-bond donors (Lipinski definition) is 0. The second-order valence-corrected chi connectivity index (χ2v) is 8.05. The summed E-state index contributed by atoms with van der Waals surface area (Å²) in [7, 11) is 0. The van der Waals surface area contributed by atoms with Gasteiger partial charge in [-0.15, -0.1) is 0 Å². The zero-order chi connectivity index (χ0) is 19.3.